The van der Waals surface area contributed by atoms with Crippen molar-refractivity contribution in [1.29, 1.82) is 0 Å². The lowest BCUT2D eigenvalue weighted by Gasteiger charge is -2.44. The van der Waals surface area contributed by atoms with Crippen molar-refractivity contribution in [3.8, 4) is 0 Å². The molecule has 0 amide bonds. The lowest BCUT2D eigenvalue weighted by molar-refractivity contribution is -0.197. The van der Waals surface area contributed by atoms with Gasteiger partial charge in [-0.3, -0.25) is 9.83 Å². The van der Waals surface area contributed by atoms with Crippen LogP contribution in [-0.2, 0) is 4.84 Å². The zero-order chi connectivity index (χ0) is 18.8. The second kappa shape index (κ2) is 8.13. The van der Waals surface area contributed by atoms with Crippen molar-refractivity contribution in [3.05, 3.63) is 39.1 Å². The molecule has 0 aliphatic carbocycles. The predicted molar refractivity (Wildman–Crippen MR) is 112 cm³/mol. The number of aliphatic imine (C=N–C) groups is 1. The van der Waals surface area contributed by atoms with Gasteiger partial charge in [-0.05, 0) is 69.7 Å². The number of allylic oxidation sites excluding steroid dienone is 1. The molecular formula is C21H30BrN3O. The largest absolute Gasteiger partial charge is 0.325 e. The number of hydrogen-bond acceptors (Lipinski definition) is 4. The topological polar surface area (TPSA) is 28.1 Å². The molecule has 0 N–H and O–H groups in total. The summed E-state index contributed by atoms with van der Waals surface area (Å²) >= 11 is 3.63. The molecule has 0 fully saturated rings. The summed E-state index contributed by atoms with van der Waals surface area (Å²) < 4.78 is 1.13. The Kier molecular flexibility index (Phi) is 6.08. The minimum absolute atomic E-state index is 0.00832. The van der Waals surface area contributed by atoms with Crippen LogP contribution in [0.3, 0.4) is 0 Å². The van der Waals surface area contributed by atoms with Crippen molar-refractivity contribution >= 4 is 27.8 Å². The summed E-state index contributed by atoms with van der Waals surface area (Å²) in [7, 11) is 0. The number of nitrogens with zero attached hydrogens (tertiary/aromatic N) is 3. The van der Waals surface area contributed by atoms with Crippen LogP contribution in [0.2, 0.25) is 0 Å². The second-order valence-electron chi connectivity index (χ2n) is 7.27. The molecule has 0 spiro atoms. The maximum absolute atomic E-state index is 6.44. The van der Waals surface area contributed by atoms with Gasteiger partial charge in [-0.2, -0.15) is 0 Å². The van der Waals surface area contributed by atoms with Crippen molar-refractivity contribution in [2.24, 2.45) is 4.99 Å². The van der Waals surface area contributed by atoms with Crippen molar-refractivity contribution in [2.75, 3.05) is 11.4 Å². The third kappa shape index (κ3) is 3.70. The number of halogens is 1. The number of hydroxylamine groups is 2. The molecule has 26 heavy (non-hydrogen) atoms. The average Bonchev–Trinajstić information content (AvgIpc) is 2.60. The molecule has 3 rings (SSSR count). The van der Waals surface area contributed by atoms with E-state index in [1.807, 2.05) is 0 Å². The number of hydrogen-bond donors (Lipinski definition) is 0. The van der Waals surface area contributed by atoms with E-state index in [4.69, 9.17) is 4.84 Å². The summed E-state index contributed by atoms with van der Waals surface area (Å²) in [5, 5.41) is 2.06. The molecule has 5 heteroatoms. The highest BCUT2D eigenvalue weighted by Crippen LogP contribution is 2.38. The first-order valence-corrected chi connectivity index (χ1v) is 10.5. The molecule has 1 aromatic rings. The highest BCUT2D eigenvalue weighted by atomic mass is 79.9. The van der Waals surface area contributed by atoms with Crippen LogP contribution in [0.5, 0.6) is 0 Å². The minimum atomic E-state index is -0.00832. The van der Waals surface area contributed by atoms with E-state index in [9.17, 15) is 0 Å². The second-order valence-corrected chi connectivity index (χ2v) is 8.19. The van der Waals surface area contributed by atoms with Gasteiger partial charge in [-0.1, -0.05) is 29.8 Å². The first kappa shape index (κ1) is 19.4. The zero-order valence-corrected chi connectivity index (χ0v) is 18.1. The maximum atomic E-state index is 6.44. The maximum Gasteiger partial charge on any atom is 0.145 e. The summed E-state index contributed by atoms with van der Waals surface area (Å²) in [4.78, 5) is 13.6. The monoisotopic (exact) mass is 419 g/mol. The molecule has 0 saturated carbocycles. The minimum Gasteiger partial charge on any atom is -0.325 e. The standard InChI is InChI=1S/C21H30BrN3O/c1-6-19(7-2)26-25-16(5)23-13-17-9-8-10-24(21(17)25)20-14(3)11-18(22)12-15(20)4/h11-13,16,19H,6-10H2,1-5H3. The summed E-state index contributed by atoms with van der Waals surface area (Å²) in [6.07, 6.45) is 6.46. The molecule has 2 heterocycles. The molecule has 1 atom stereocenters. The van der Waals surface area contributed by atoms with Crippen molar-refractivity contribution in [1.82, 2.24) is 5.06 Å². The molecule has 0 saturated heterocycles. The van der Waals surface area contributed by atoms with E-state index >= 15 is 0 Å². The van der Waals surface area contributed by atoms with E-state index in [0.717, 1.165) is 36.7 Å². The highest BCUT2D eigenvalue weighted by Gasteiger charge is 2.34. The fraction of sp³-hybridized carbons (Fsp3) is 0.571. The van der Waals surface area contributed by atoms with Gasteiger partial charge in [0, 0.05) is 28.5 Å². The fourth-order valence-electron chi connectivity index (χ4n) is 3.92. The summed E-state index contributed by atoms with van der Waals surface area (Å²) in [6.45, 7) is 11.9. The van der Waals surface area contributed by atoms with Crippen LogP contribution in [0.1, 0.15) is 57.6 Å². The Morgan fingerprint density at radius 1 is 1.23 bits per heavy atom. The van der Waals surface area contributed by atoms with Crippen molar-refractivity contribution < 1.29 is 4.84 Å². The van der Waals surface area contributed by atoms with E-state index in [2.05, 4.69) is 83.9 Å². The number of rotatable bonds is 5. The van der Waals surface area contributed by atoms with Crippen LogP contribution in [-0.4, -0.2) is 30.1 Å². The summed E-state index contributed by atoms with van der Waals surface area (Å²) in [5.74, 6) is 1.18. The Morgan fingerprint density at radius 3 is 2.50 bits per heavy atom. The zero-order valence-electron chi connectivity index (χ0n) is 16.6. The van der Waals surface area contributed by atoms with Gasteiger partial charge < -0.3 is 4.90 Å². The number of anilines is 1. The molecule has 0 aromatic heterocycles. The molecular weight excluding hydrogens is 390 g/mol. The van der Waals surface area contributed by atoms with E-state index < -0.39 is 0 Å². The van der Waals surface area contributed by atoms with E-state index in [0.29, 0.717) is 0 Å². The van der Waals surface area contributed by atoms with Crippen LogP contribution < -0.4 is 4.90 Å². The first-order valence-electron chi connectivity index (χ1n) is 9.72. The summed E-state index contributed by atoms with van der Waals surface area (Å²) in [5.41, 5.74) is 5.13. The van der Waals surface area contributed by atoms with Gasteiger partial charge in [0.1, 0.15) is 12.0 Å². The van der Waals surface area contributed by atoms with Gasteiger partial charge in [0.05, 0.1) is 6.10 Å². The number of aryl methyl sites for hydroxylation is 2. The third-order valence-corrected chi connectivity index (χ3v) is 5.72. The van der Waals surface area contributed by atoms with E-state index in [1.54, 1.807) is 0 Å². The van der Waals surface area contributed by atoms with Gasteiger partial charge in [-0.15, -0.1) is 0 Å². The average molecular weight is 420 g/mol. The Hall–Kier alpha value is -1.33. The fourth-order valence-corrected chi connectivity index (χ4v) is 4.61. The summed E-state index contributed by atoms with van der Waals surface area (Å²) in [6, 6.07) is 4.40. The lowest BCUT2D eigenvalue weighted by atomic mass is 10.0. The number of benzene rings is 1. The molecule has 1 unspecified atom stereocenters. The van der Waals surface area contributed by atoms with Crippen LogP contribution in [0, 0.1) is 13.8 Å². The van der Waals surface area contributed by atoms with Crippen LogP contribution in [0.25, 0.3) is 0 Å². The van der Waals surface area contributed by atoms with Gasteiger partial charge in [0.15, 0.2) is 0 Å². The van der Waals surface area contributed by atoms with E-state index in [1.165, 1.54) is 28.2 Å². The molecule has 0 radical (unpaired) electrons. The molecule has 4 nitrogen and oxygen atoms in total. The Morgan fingerprint density at radius 2 is 1.88 bits per heavy atom. The van der Waals surface area contributed by atoms with Gasteiger partial charge in [-0.25, -0.2) is 5.06 Å². The Balaban J connectivity index is 2.05. The van der Waals surface area contributed by atoms with Gasteiger partial charge >= 0.3 is 0 Å². The first-order chi connectivity index (χ1) is 12.5. The highest BCUT2D eigenvalue weighted by molar-refractivity contribution is 9.10. The quantitative estimate of drug-likeness (QED) is 0.609. The van der Waals surface area contributed by atoms with Gasteiger partial charge in [0.25, 0.3) is 0 Å². The Labute approximate surface area is 166 Å². The third-order valence-electron chi connectivity index (χ3n) is 5.26. The van der Waals surface area contributed by atoms with Crippen molar-refractivity contribution in [3.63, 3.8) is 0 Å². The molecule has 2 aliphatic heterocycles. The predicted octanol–water partition coefficient (Wildman–Crippen LogP) is 5.73. The molecule has 0 bridgehead atoms. The molecule has 2 aliphatic rings. The van der Waals surface area contributed by atoms with Gasteiger partial charge in [0.2, 0.25) is 0 Å². The molecule has 1 aromatic carbocycles. The van der Waals surface area contributed by atoms with Crippen LogP contribution in [0.4, 0.5) is 5.69 Å². The lowest BCUT2D eigenvalue weighted by Crippen LogP contribution is -2.47. The SMILES string of the molecule is CCC(CC)ON1C2=C(C=NC1C)CCCN2c1c(C)cc(Br)cc1C. The van der Waals surface area contributed by atoms with E-state index in [-0.39, 0.29) is 12.3 Å². The normalized spacial score (nSPS) is 20.2. The molecule has 142 valence electrons. The smallest absolute Gasteiger partial charge is 0.145 e. The van der Waals surface area contributed by atoms with Crippen LogP contribution in [0.15, 0.2) is 33.0 Å². The Bertz CT molecular complexity index is 701. The van der Waals surface area contributed by atoms with Crippen LogP contribution >= 0.6 is 15.9 Å². The van der Waals surface area contributed by atoms with Crippen molar-refractivity contribution in [2.45, 2.75) is 72.6 Å².